The third-order valence-electron chi connectivity index (χ3n) is 3.32. The molecule has 0 saturated carbocycles. The number of aryl methyl sites for hydroxylation is 1. The minimum atomic E-state index is -0.0204. The molecule has 3 aromatic rings. The molecule has 0 aliphatic heterocycles. The molecule has 6 heteroatoms. The first-order valence-corrected chi connectivity index (χ1v) is 8.05. The predicted octanol–water partition coefficient (Wildman–Crippen LogP) is 2.55. The molecule has 0 unspecified atom stereocenters. The first kappa shape index (κ1) is 15.5. The van der Waals surface area contributed by atoms with Gasteiger partial charge >= 0.3 is 0 Å². The number of thiazole rings is 1. The number of hydrogen-bond donors (Lipinski definition) is 1. The van der Waals surface area contributed by atoms with Crippen molar-refractivity contribution < 1.29 is 9.84 Å². The van der Waals surface area contributed by atoms with Crippen molar-refractivity contribution in [1.29, 1.82) is 0 Å². The Balaban J connectivity index is 1.89. The summed E-state index contributed by atoms with van der Waals surface area (Å²) in [6.07, 6.45) is 1.66. The second-order valence-electron chi connectivity index (χ2n) is 4.87. The number of hydrogen-bond acceptors (Lipinski definition) is 5. The van der Waals surface area contributed by atoms with Crippen LogP contribution in [-0.2, 0) is 7.05 Å². The summed E-state index contributed by atoms with van der Waals surface area (Å²) in [4.78, 5) is 0.830. The Bertz CT molecular complexity index is 896. The average Bonchev–Trinajstić information content (AvgIpc) is 2.90. The number of aromatic nitrogens is 1. The van der Waals surface area contributed by atoms with E-state index < -0.39 is 0 Å². The number of para-hydroxylation sites is 2. The highest BCUT2D eigenvalue weighted by molar-refractivity contribution is 7.16. The van der Waals surface area contributed by atoms with Gasteiger partial charge in [0, 0.05) is 12.6 Å². The lowest BCUT2D eigenvalue weighted by Gasteiger charge is -2.06. The summed E-state index contributed by atoms with van der Waals surface area (Å²) < 4.78 is 8.67. The molecule has 1 N–H and O–H groups in total. The van der Waals surface area contributed by atoms with E-state index in [1.807, 2.05) is 48.0 Å². The summed E-state index contributed by atoms with van der Waals surface area (Å²) in [7, 11) is 1.98. The Morgan fingerprint density at radius 3 is 2.78 bits per heavy atom. The molecule has 1 aromatic heterocycles. The molecular formula is C17H17N3O2S. The molecule has 0 aliphatic carbocycles. The fraction of sp³-hybridized carbons (Fsp3) is 0.176. The first-order valence-electron chi connectivity index (χ1n) is 7.24. The lowest BCUT2D eigenvalue weighted by molar-refractivity contribution is 0.201. The zero-order valence-electron chi connectivity index (χ0n) is 12.7. The Morgan fingerprint density at radius 1 is 1.17 bits per heavy atom. The molecule has 0 aliphatic rings. The number of benzene rings is 2. The smallest absolute Gasteiger partial charge is 0.211 e. The predicted molar refractivity (Wildman–Crippen MR) is 93.0 cm³/mol. The van der Waals surface area contributed by atoms with Crippen LogP contribution in [0.2, 0.25) is 0 Å². The van der Waals surface area contributed by atoms with Gasteiger partial charge in [-0.2, -0.15) is 5.10 Å². The maximum Gasteiger partial charge on any atom is 0.211 e. The zero-order chi connectivity index (χ0) is 16.1. The van der Waals surface area contributed by atoms with E-state index in [-0.39, 0.29) is 13.2 Å². The summed E-state index contributed by atoms with van der Waals surface area (Å²) in [6, 6.07) is 15.7. The van der Waals surface area contributed by atoms with Crippen LogP contribution >= 0.6 is 11.3 Å². The van der Waals surface area contributed by atoms with Crippen LogP contribution in [0.5, 0.6) is 5.75 Å². The van der Waals surface area contributed by atoms with Crippen molar-refractivity contribution in [1.82, 2.24) is 4.57 Å². The van der Waals surface area contributed by atoms with Gasteiger partial charge in [-0.15, -0.1) is 5.10 Å². The second-order valence-corrected chi connectivity index (χ2v) is 5.87. The minimum absolute atomic E-state index is 0.0204. The first-order chi connectivity index (χ1) is 11.3. The monoisotopic (exact) mass is 327 g/mol. The van der Waals surface area contributed by atoms with Gasteiger partial charge in [-0.05, 0) is 24.3 Å². The molecule has 0 saturated heterocycles. The van der Waals surface area contributed by atoms with Crippen LogP contribution in [0.15, 0.2) is 58.7 Å². The van der Waals surface area contributed by atoms with Crippen LogP contribution in [0, 0.1) is 0 Å². The normalized spacial score (nSPS) is 12.3. The van der Waals surface area contributed by atoms with Crippen molar-refractivity contribution in [2.75, 3.05) is 13.2 Å². The summed E-state index contributed by atoms with van der Waals surface area (Å²) >= 11 is 1.60. The lowest BCUT2D eigenvalue weighted by atomic mass is 10.2. The maximum absolute atomic E-state index is 8.86. The SMILES string of the molecule is Cn1/c(=N\N=C/c2ccccc2OCCO)sc2ccccc21. The van der Waals surface area contributed by atoms with Crippen LogP contribution in [0.4, 0.5) is 0 Å². The van der Waals surface area contributed by atoms with Gasteiger partial charge in [-0.3, -0.25) is 0 Å². The molecule has 2 aromatic carbocycles. The third-order valence-corrected chi connectivity index (χ3v) is 4.43. The number of fused-ring (bicyclic) bond motifs is 1. The fourth-order valence-electron chi connectivity index (χ4n) is 2.19. The molecule has 5 nitrogen and oxygen atoms in total. The molecule has 0 spiro atoms. The van der Waals surface area contributed by atoms with Crippen molar-refractivity contribution >= 4 is 27.8 Å². The van der Waals surface area contributed by atoms with Crippen LogP contribution in [0.3, 0.4) is 0 Å². The standard InChI is InChI=1S/C17H17N3O2S/c1-20-14-7-3-5-9-16(14)23-17(20)19-18-12-13-6-2-4-8-15(13)22-11-10-21/h2-9,12,21H,10-11H2,1H3/b18-12-,19-17+. The Labute approximate surface area is 137 Å². The zero-order valence-corrected chi connectivity index (χ0v) is 13.5. The molecule has 0 bridgehead atoms. The Kier molecular flexibility index (Phi) is 4.85. The summed E-state index contributed by atoms with van der Waals surface area (Å²) in [5, 5.41) is 17.4. The molecular weight excluding hydrogens is 310 g/mol. The van der Waals surface area contributed by atoms with Gasteiger partial charge in [0.1, 0.15) is 12.4 Å². The van der Waals surface area contributed by atoms with E-state index in [0.29, 0.717) is 5.75 Å². The average molecular weight is 327 g/mol. The van der Waals surface area contributed by atoms with Gasteiger partial charge in [-0.25, -0.2) is 0 Å². The van der Waals surface area contributed by atoms with Gasteiger partial charge in [-0.1, -0.05) is 35.6 Å². The fourth-order valence-corrected chi connectivity index (χ4v) is 3.17. The topological polar surface area (TPSA) is 59.1 Å². The molecule has 0 atom stereocenters. The van der Waals surface area contributed by atoms with Crippen LogP contribution < -0.4 is 9.54 Å². The number of ether oxygens (including phenoxy) is 1. The highest BCUT2D eigenvalue weighted by Gasteiger charge is 2.01. The van der Waals surface area contributed by atoms with Crippen molar-refractivity contribution in [2.45, 2.75) is 0 Å². The van der Waals surface area contributed by atoms with Gasteiger partial charge in [0.25, 0.3) is 0 Å². The molecule has 0 amide bonds. The number of rotatable bonds is 5. The van der Waals surface area contributed by atoms with Crippen molar-refractivity contribution in [3.63, 3.8) is 0 Å². The Hall–Kier alpha value is -2.44. The van der Waals surface area contributed by atoms with E-state index in [9.17, 15) is 0 Å². The van der Waals surface area contributed by atoms with Gasteiger partial charge < -0.3 is 14.4 Å². The van der Waals surface area contributed by atoms with Crippen molar-refractivity contribution in [3.05, 3.63) is 58.9 Å². The minimum Gasteiger partial charge on any atom is -0.491 e. The molecule has 1 heterocycles. The van der Waals surface area contributed by atoms with Crippen molar-refractivity contribution in [2.24, 2.45) is 17.3 Å². The lowest BCUT2D eigenvalue weighted by Crippen LogP contribution is -2.09. The highest BCUT2D eigenvalue weighted by Crippen LogP contribution is 2.16. The van der Waals surface area contributed by atoms with E-state index in [0.717, 1.165) is 15.9 Å². The summed E-state index contributed by atoms with van der Waals surface area (Å²) in [5.41, 5.74) is 1.96. The second kappa shape index (κ2) is 7.21. The van der Waals surface area contributed by atoms with Crippen LogP contribution in [0.25, 0.3) is 10.2 Å². The largest absolute Gasteiger partial charge is 0.491 e. The van der Waals surface area contributed by atoms with Gasteiger partial charge in [0.2, 0.25) is 4.80 Å². The quantitative estimate of drug-likeness (QED) is 0.578. The molecule has 0 radical (unpaired) electrons. The number of nitrogens with zero attached hydrogens (tertiary/aromatic N) is 3. The molecule has 0 fully saturated rings. The van der Waals surface area contributed by atoms with E-state index in [2.05, 4.69) is 22.3 Å². The van der Waals surface area contributed by atoms with Gasteiger partial charge in [0.05, 0.1) is 23.0 Å². The molecule has 118 valence electrons. The highest BCUT2D eigenvalue weighted by atomic mass is 32.1. The molecule has 3 rings (SSSR count). The third kappa shape index (κ3) is 3.49. The number of aliphatic hydroxyl groups excluding tert-OH is 1. The Morgan fingerprint density at radius 2 is 1.96 bits per heavy atom. The van der Waals surface area contributed by atoms with E-state index >= 15 is 0 Å². The van der Waals surface area contributed by atoms with E-state index in [4.69, 9.17) is 9.84 Å². The summed E-state index contributed by atoms with van der Waals surface area (Å²) in [6.45, 7) is 0.237. The summed E-state index contributed by atoms with van der Waals surface area (Å²) in [5.74, 6) is 0.682. The van der Waals surface area contributed by atoms with E-state index in [1.165, 1.54) is 4.70 Å². The van der Waals surface area contributed by atoms with Crippen LogP contribution in [-0.4, -0.2) is 29.1 Å². The van der Waals surface area contributed by atoms with Crippen LogP contribution in [0.1, 0.15) is 5.56 Å². The number of aliphatic hydroxyl groups is 1. The molecule has 23 heavy (non-hydrogen) atoms. The van der Waals surface area contributed by atoms with Gasteiger partial charge in [0.15, 0.2) is 0 Å². The van der Waals surface area contributed by atoms with E-state index in [1.54, 1.807) is 17.6 Å². The maximum atomic E-state index is 8.86. The van der Waals surface area contributed by atoms with Crippen molar-refractivity contribution in [3.8, 4) is 5.75 Å².